The van der Waals surface area contributed by atoms with E-state index in [0.29, 0.717) is 62.7 Å². The SMILES string of the molecule is CCOCCn1c(NC2CCN(CCNC(=O)c3ccoc3)CC2)nc2cccnc21.CCOCCn1c(NC2CCN(CCNC(=O)c3ccoc3)CC2)nc2cccnc21.O=C(O)C(=O)O. The Morgan fingerprint density at radius 2 is 1.04 bits per heavy atom. The number of aliphatic carboxylic acids is 2. The van der Waals surface area contributed by atoms with E-state index in [1.807, 2.05) is 38.1 Å². The van der Waals surface area contributed by atoms with Crippen molar-refractivity contribution in [2.24, 2.45) is 0 Å². The highest BCUT2D eigenvalue weighted by atomic mass is 16.5. The molecule has 0 aliphatic carbocycles. The fraction of sp³-hybridized carbons (Fsp3) is 0.478. The standard InChI is InChI=1S/2C22H30N6O3.C2H2O4/c2*1-2-30-15-13-28-20-19(4-3-8-23-20)26-22(28)25-18-5-10-27(11-6-18)12-9-24-21(29)17-7-14-31-16-17;3-1(4)2(5)6/h2*3-4,7-8,14,16,18H,2,5-6,9-13,15H2,1H3,(H,24,29)(H,25,26);(H,3,4)(H,5,6). The number of imidazole rings is 2. The third kappa shape index (κ3) is 15.1. The van der Waals surface area contributed by atoms with Crippen molar-refractivity contribution in [2.45, 2.75) is 64.7 Å². The fourth-order valence-electron chi connectivity index (χ4n) is 7.77. The molecule has 22 nitrogen and oxygen atoms in total. The summed E-state index contributed by atoms with van der Waals surface area (Å²) in [5.41, 5.74) is 4.68. The van der Waals surface area contributed by atoms with Crippen LogP contribution < -0.4 is 21.3 Å². The second-order valence-corrected chi connectivity index (χ2v) is 15.9. The lowest BCUT2D eigenvalue weighted by molar-refractivity contribution is -0.159. The van der Waals surface area contributed by atoms with Gasteiger partial charge >= 0.3 is 11.9 Å². The van der Waals surface area contributed by atoms with Gasteiger partial charge in [0.25, 0.3) is 11.8 Å². The van der Waals surface area contributed by atoms with Crippen molar-refractivity contribution >= 4 is 58.0 Å². The van der Waals surface area contributed by atoms with Gasteiger partial charge in [-0.2, -0.15) is 0 Å². The van der Waals surface area contributed by atoms with E-state index in [1.165, 1.54) is 25.1 Å². The molecule has 2 amide bonds. The molecule has 0 unspecified atom stereocenters. The zero-order valence-electron chi connectivity index (χ0n) is 38.5. The largest absolute Gasteiger partial charge is 0.473 e. The maximum atomic E-state index is 12.0. The molecule has 2 aliphatic heterocycles. The van der Waals surface area contributed by atoms with Gasteiger partial charge in [0.2, 0.25) is 11.9 Å². The zero-order chi connectivity index (χ0) is 48.1. The van der Waals surface area contributed by atoms with Crippen molar-refractivity contribution in [3.05, 3.63) is 85.0 Å². The van der Waals surface area contributed by atoms with Crippen molar-refractivity contribution in [1.82, 2.24) is 49.5 Å². The first kappa shape index (κ1) is 50.5. The quantitative estimate of drug-likeness (QED) is 0.0468. The highest BCUT2D eigenvalue weighted by molar-refractivity contribution is 6.27. The monoisotopic (exact) mass is 942 g/mol. The molecule has 2 saturated heterocycles. The van der Waals surface area contributed by atoms with Crippen molar-refractivity contribution in [3.8, 4) is 0 Å². The second kappa shape index (κ2) is 26.5. The summed E-state index contributed by atoms with van der Waals surface area (Å²) in [6, 6.07) is 11.9. The molecule has 366 valence electrons. The predicted molar refractivity (Wildman–Crippen MR) is 252 cm³/mol. The Balaban J connectivity index is 0.000000200. The van der Waals surface area contributed by atoms with Crippen LogP contribution >= 0.6 is 0 Å². The average molecular weight is 943 g/mol. The minimum atomic E-state index is -1.82. The number of likely N-dealkylation sites (tertiary alicyclic amines) is 2. The van der Waals surface area contributed by atoms with Crippen LogP contribution in [0.3, 0.4) is 0 Å². The molecule has 2 aliphatic rings. The summed E-state index contributed by atoms with van der Waals surface area (Å²) in [5, 5.41) is 27.9. The molecule has 0 atom stereocenters. The Labute approximate surface area is 393 Å². The van der Waals surface area contributed by atoms with Gasteiger partial charge in [-0.25, -0.2) is 29.5 Å². The summed E-state index contributed by atoms with van der Waals surface area (Å²) in [6.45, 7) is 15.0. The number of carboxylic acid groups (broad SMARTS) is 2. The highest BCUT2D eigenvalue weighted by Gasteiger charge is 2.24. The third-order valence-electron chi connectivity index (χ3n) is 11.4. The highest BCUT2D eigenvalue weighted by Crippen LogP contribution is 2.23. The summed E-state index contributed by atoms with van der Waals surface area (Å²) in [6.07, 6.45) is 13.6. The van der Waals surface area contributed by atoms with E-state index < -0.39 is 11.9 Å². The molecule has 0 spiro atoms. The number of nitrogens with one attached hydrogen (secondary N) is 4. The van der Waals surface area contributed by atoms with E-state index in [2.05, 4.69) is 50.2 Å². The number of aromatic nitrogens is 6. The van der Waals surface area contributed by atoms with Crippen LogP contribution in [0.1, 0.15) is 60.2 Å². The zero-order valence-corrected chi connectivity index (χ0v) is 38.5. The summed E-state index contributed by atoms with van der Waals surface area (Å²) >= 11 is 0. The Morgan fingerprint density at radius 3 is 1.40 bits per heavy atom. The first-order valence-electron chi connectivity index (χ1n) is 23.0. The molecule has 22 heteroatoms. The normalized spacial score (nSPS) is 14.7. The number of hydrogen-bond acceptors (Lipinski definition) is 16. The van der Waals surface area contributed by atoms with Crippen LogP contribution in [0.2, 0.25) is 0 Å². The number of carboxylic acids is 2. The number of piperidine rings is 2. The third-order valence-corrected chi connectivity index (χ3v) is 11.4. The second-order valence-electron chi connectivity index (χ2n) is 15.9. The van der Waals surface area contributed by atoms with Crippen LogP contribution in [0.5, 0.6) is 0 Å². The lowest BCUT2D eigenvalue weighted by atomic mass is 10.1. The lowest BCUT2D eigenvalue weighted by Gasteiger charge is -2.32. The topological polar surface area (TPSA) is 269 Å². The van der Waals surface area contributed by atoms with Gasteiger partial charge in [-0.05, 0) is 75.9 Å². The number of carbonyl (C=O) groups is 4. The maximum absolute atomic E-state index is 12.0. The minimum Gasteiger partial charge on any atom is -0.473 e. The van der Waals surface area contributed by atoms with Crippen LogP contribution in [-0.4, -0.2) is 164 Å². The van der Waals surface area contributed by atoms with Crippen LogP contribution in [0.4, 0.5) is 11.9 Å². The Morgan fingerprint density at radius 1 is 0.632 bits per heavy atom. The van der Waals surface area contributed by atoms with Gasteiger partial charge in [0, 0.05) is 90.0 Å². The number of hydrogen-bond donors (Lipinski definition) is 6. The Hall–Kier alpha value is -6.88. The molecule has 0 saturated carbocycles. The van der Waals surface area contributed by atoms with Crippen LogP contribution in [-0.2, 0) is 32.2 Å². The molecule has 6 aromatic heterocycles. The van der Waals surface area contributed by atoms with Gasteiger partial charge in [-0.15, -0.1) is 0 Å². The molecule has 2 fully saturated rings. The van der Waals surface area contributed by atoms with Crippen molar-refractivity contribution in [1.29, 1.82) is 0 Å². The number of nitrogens with zero attached hydrogens (tertiary/aromatic N) is 8. The summed E-state index contributed by atoms with van der Waals surface area (Å²) in [5.74, 6) is -2.11. The van der Waals surface area contributed by atoms with Crippen molar-refractivity contribution in [3.63, 3.8) is 0 Å². The van der Waals surface area contributed by atoms with E-state index in [4.69, 9.17) is 48.1 Å². The average Bonchev–Trinajstić information content (AvgIpc) is 4.19. The van der Waals surface area contributed by atoms with Crippen molar-refractivity contribution < 1.29 is 47.7 Å². The van der Waals surface area contributed by atoms with E-state index >= 15 is 0 Å². The smallest absolute Gasteiger partial charge is 0.414 e. The molecule has 0 radical (unpaired) electrons. The predicted octanol–water partition coefficient (Wildman–Crippen LogP) is 3.89. The number of fused-ring (bicyclic) bond motifs is 2. The van der Waals surface area contributed by atoms with Gasteiger partial charge in [0.15, 0.2) is 11.3 Å². The van der Waals surface area contributed by atoms with Crippen LogP contribution in [0.15, 0.2) is 82.7 Å². The molecule has 8 heterocycles. The summed E-state index contributed by atoms with van der Waals surface area (Å²) < 4.78 is 25.2. The van der Waals surface area contributed by atoms with E-state index in [9.17, 15) is 9.59 Å². The number of amides is 2. The van der Waals surface area contributed by atoms with E-state index in [1.54, 1.807) is 24.5 Å². The fourth-order valence-corrected chi connectivity index (χ4v) is 7.77. The number of ether oxygens (including phenoxy) is 2. The van der Waals surface area contributed by atoms with E-state index in [-0.39, 0.29) is 11.8 Å². The van der Waals surface area contributed by atoms with Crippen LogP contribution in [0.25, 0.3) is 22.3 Å². The molecule has 68 heavy (non-hydrogen) atoms. The maximum Gasteiger partial charge on any atom is 0.414 e. The van der Waals surface area contributed by atoms with Gasteiger partial charge in [0.1, 0.15) is 23.6 Å². The molecule has 0 aromatic carbocycles. The lowest BCUT2D eigenvalue weighted by Crippen LogP contribution is -2.43. The Bertz CT molecular complexity index is 2290. The first-order valence-corrected chi connectivity index (χ1v) is 23.0. The summed E-state index contributed by atoms with van der Waals surface area (Å²) in [7, 11) is 0. The minimum absolute atomic E-state index is 0.0927. The number of anilines is 2. The molecule has 8 rings (SSSR count). The number of carbonyl (C=O) groups excluding carboxylic acids is 2. The molecule has 0 bridgehead atoms. The first-order chi connectivity index (χ1) is 33.1. The van der Waals surface area contributed by atoms with Crippen LogP contribution in [0, 0.1) is 0 Å². The summed E-state index contributed by atoms with van der Waals surface area (Å²) in [4.78, 5) is 65.5. The molecule has 6 N–H and O–H groups in total. The number of pyridine rings is 2. The molecular formula is C46H62N12O10. The Kier molecular flexibility index (Phi) is 19.7. The molecule has 6 aromatic rings. The number of furan rings is 2. The van der Waals surface area contributed by atoms with E-state index in [0.717, 1.165) is 112 Å². The van der Waals surface area contributed by atoms with Gasteiger partial charge in [0.05, 0.1) is 50.0 Å². The van der Waals surface area contributed by atoms with Crippen molar-refractivity contribution in [2.75, 3.05) is 89.4 Å². The van der Waals surface area contributed by atoms with Gasteiger partial charge in [-0.3, -0.25) is 18.7 Å². The van der Waals surface area contributed by atoms with Gasteiger partial charge < -0.3 is 59.6 Å². The molecular weight excluding hydrogens is 881 g/mol. The van der Waals surface area contributed by atoms with Gasteiger partial charge in [-0.1, -0.05) is 0 Å². The number of rotatable bonds is 20.